The summed E-state index contributed by atoms with van der Waals surface area (Å²) in [6.07, 6.45) is -4.42. The topological polar surface area (TPSA) is 57.2 Å². The molecule has 0 amide bonds. The first-order valence-electron chi connectivity index (χ1n) is 7.43. The zero-order valence-corrected chi connectivity index (χ0v) is 14.9. The van der Waals surface area contributed by atoms with Crippen LogP contribution in [0.3, 0.4) is 0 Å². The Morgan fingerprint density at radius 3 is 1.35 bits per heavy atom. The first-order valence-corrected chi connectivity index (χ1v) is 8.83. The lowest BCUT2D eigenvalue weighted by Crippen LogP contribution is -2.52. The predicted molar refractivity (Wildman–Crippen MR) is 77.2 cm³/mol. The molecule has 0 heterocycles. The highest BCUT2D eigenvalue weighted by molar-refractivity contribution is 7.86. The molecule has 0 saturated heterocycles. The van der Waals surface area contributed by atoms with Crippen LogP contribution in [0.5, 0.6) is 0 Å². The number of nitrogens with zero attached hydrogens (tertiary/aromatic N) is 1. The van der Waals surface area contributed by atoms with Gasteiger partial charge < -0.3 is 9.04 Å². The van der Waals surface area contributed by atoms with E-state index in [1.54, 1.807) is 0 Å². The second-order valence-corrected chi connectivity index (χ2v) is 6.50. The molecule has 0 N–H and O–H groups in total. The Balaban J connectivity index is 0. The van der Waals surface area contributed by atoms with Gasteiger partial charge in [-0.25, -0.2) is 12.8 Å². The van der Waals surface area contributed by atoms with Gasteiger partial charge >= 0.3 is 11.2 Å². The second-order valence-electron chi connectivity index (χ2n) is 5.08. The zero-order valence-electron chi connectivity index (χ0n) is 14.1. The molecule has 10 heteroatoms. The number of hydrogen-bond acceptors (Lipinski definition) is 3. The van der Waals surface area contributed by atoms with Gasteiger partial charge in [0.15, 0.2) is 16.3 Å². The third-order valence-electron chi connectivity index (χ3n) is 4.14. The molecule has 0 aliphatic carbocycles. The fourth-order valence-corrected chi connectivity index (χ4v) is 2.41. The van der Waals surface area contributed by atoms with Crippen LogP contribution >= 0.6 is 0 Å². The summed E-state index contributed by atoms with van der Waals surface area (Å²) in [6, 6.07) is 0. The molecule has 0 fully saturated rings. The average Bonchev–Trinajstić information content (AvgIpc) is 2.48. The minimum absolute atomic E-state index is 0.812. The molecule has 1 atom stereocenters. The van der Waals surface area contributed by atoms with E-state index in [-0.39, 0.29) is 0 Å². The van der Waals surface area contributed by atoms with Gasteiger partial charge in [0.25, 0.3) is 0 Å². The summed E-state index contributed by atoms with van der Waals surface area (Å²) in [5, 5.41) is -5.94. The van der Waals surface area contributed by atoms with Gasteiger partial charge in [0, 0.05) is 0 Å². The molecular formula is C13H26F5NO3S. The van der Waals surface area contributed by atoms with Crippen LogP contribution in [-0.2, 0) is 10.1 Å². The van der Waals surface area contributed by atoms with Gasteiger partial charge in [-0.2, -0.15) is 17.6 Å². The SMILES string of the molecule is CCC(F)C(F)(F)C(F)(F)S(=O)(=O)[O-].CC[N+](CC)(CC)CC. The Morgan fingerprint density at radius 1 is 0.913 bits per heavy atom. The van der Waals surface area contributed by atoms with E-state index < -0.39 is 33.9 Å². The second kappa shape index (κ2) is 9.12. The van der Waals surface area contributed by atoms with Gasteiger partial charge in [-0.15, -0.1) is 0 Å². The Hall–Kier alpha value is -0.480. The standard InChI is InChI=1S/C8H20N.C5H7F5O3S/c1-5-9(6-2,7-3)8-4;1-2-3(6)4(7,8)5(9,10)14(11,12)13/h5-8H2,1-4H3;3H,2H2,1H3,(H,11,12,13)/q+1;/p-1. The molecule has 0 aliphatic heterocycles. The van der Waals surface area contributed by atoms with E-state index in [9.17, 15) is 34.9 Å². The van der Waals surface area contributed by atoms with E-state index in [4.69, 9.17) is 0 Å². The van der Waals surface area contributed by atoms with Crippen LogP contribution in [0, 0.1) is 0 Å². The third-order valence-corrected chi connectivity index (χ3v) is 5.04. The van der Waals surface area contributed by atoms with Crippen molar-refractivity contribution >= 4 is 10.1 Å². The monoisotopic (exact) mass is 371 g/mol. The average molecular weight is 371 g/mol. The molecule has 0 spiro atoms. The van der Waals surface area contributed by atoms with Crippen molar-refractivity contribution in [3.05, 3.63) is 0 Å². The minimum Gasteiger partial charge on any atom is -0.743 e. The fraction of sp³-hybridized carbons (Fsp3) is 1.00. The van der Waals surface area contributed by atoms with E-state index in [0.29, 0.717) is 0 Å². The fourth-order valence-electron chi connectivity index (χ4n) is 1.95. The summed E-state index contributed by atoms with van der Waals surface area (Å²) in [4.78, 5) is 0. The summed E-state index contributed by atoms with van der Waals surface area (Å²) >= 11 is 0. The van der Waals surface area contributed by atoms with Gasteiger partial charge in [0.05, 0.1) is 26.2 Å². The Bertz CT molecular complexity index is 421. The molecule has 0 rings (SSSR count). The van der Waals surface area contributed by atoms with Gasteiger partial charge in [0.2, 0.25) is 0 Å². The van der Waals surface area contributed by atoms with Crippen molar-refractivity contribution in [3.8, 4) is 0 Å². The van der Waals surface area contributed by atoms with E-state index >= 15 is 0 Å². The van der Waals surface area contributed by atoms with E-state index in [1.165, 1.54) is 30.7 Å². The van der Waals surface area contributed by atoms with E-state index in [0.717, 1.165) is 6.92 Å². The van der Waals surface area contributed by atoms with Gasteiger partial charge in [-0.05, 0) is 34.1 Å². The number of hydrogen-bond donors (Lipinski definition) is 0. The number of quaternary nitrogens is 1. The minimum atomic E-state index is -6.59. The normalized spacial score (nSPS) is 14.9. The quantitative estimate of drug-likeness (QED) is 0.373. The highest BCUT2D eigenvalue weighted by Crippen LogP contribution is 2.42. The van der Waals surface area contributed by atoms with Crippen molar-refractivity contribution in [2.45, 2.75) is 58.4 Å². The summed E-state index contributed by atoms with van der Waals surface area (Å²) < 4.78 is 92.2. The van der Waals surface area contributed by atoms with Crippen molar-refractivity contribution < 1.29 is 39.4 Å². The van der Waals surface area contributed by atoms with Crippen LogP contribution in [0.15, 0.2) is 0 Å². The first-order chi connectivity index (χ1) is 10.2. The van der Waals surface area contributed by atoms with Crippen LogP contribution < -0.4 is 0 Å². The number of alkyl halides is 5. The maximum Gasteiger partial charge on any atom is 0.399 e. The van der Waals surface area contributed by atoms with Crippen molar-refractivity contribution in [3.63, 3.8) is 0 Å². The van der Waals surface area contributed by atoms with E-state index in [2.05, 4.69) is 27.7 Å². The molecule has 0 aromatic heterocycles. The van der Waals surface area contributed by atoms with Crippen molar-refractivity contribution in [1.29, 1.82) is 0 Å². The Labute approximate surface area is 135 Å². The lowest BCUT2D eigenvalue weighted by Gasteiger charge is -2.34. The Morgan fingerprint density at radius 2 is 1.22 bits per heavy atom. The molecule has 23 heavy (non-hydrogen) atoms. The van der Waals surface area contributed by atoms with Gasteiger partial charge in [-0.3, -0.25) is 0 Å². The third kappa shape index (κ3) is 5.82. The molecule has 1 unspecified atom stereocenters. The largest absolute Gasteiger partial charge is 0.743 e. The molecule has 0 bridgehead atoms. The summed E-state index contributed by atoms with van der Waals surface area (Å²) in [5.74, 6) is -5.51. The predicted octanol–water partition coefficient (Wildman–Crippen LogP) is 3.39. The lowest BCUT2D eigenvalue weighted by atomic mass is 10.2. The summed E-state index contributed by atoms with van der Waals surface area (Å²) in [5.41, 5.74) is 0. The van der Waals surface area contributed by atoms with Crippen LogP contribution in [0.4, 0.5) is 22.0 Å². The molecule has 0 aliphatic rings. The lowest BCUT2D eigenvalue weighted by molar-refractivity contribution is -0.921. The van der Waals surface area contributed by atoms with Crippen molar-refractivity contribution in [2.24, 2.45) is 0 Å². The maximum absolute atomic E-state index is 12.4. The van der Waals surface area contributed by atoms with Crippen LogP contribution in [0.2, 0.25) is 0 Å². The summed E-state index contributed by atoms with van der Waals surface area (Å²) in [6.45, 7) is 15.0. The van der Waals surface area contributed by atoms with Crippen LogP contribution in [0.1, 0.15) is 41.0 Å². The Kier molecular flexibility index (Phi) is 9.82. The molecule has 0 saturated carbocycles. The van der Waals surface area contributed by atoms with Gasteiger partial charge in [0.1, 0.15) is 0 Å². The first kappa shape index (κ1) is 24.8. The molecule has 4 nitrogen and oxygen atoms in total. The summed E-state index contributed by atoms with van der Waals surface area (Å²) in [7, 11) is -6.59. The molecular weight excluding hydrogens is 345 g/mol. The highest BCUT2D eigenvalue weighted by atomic mass is 32.2. The maximum atomic E-state index is 12.4. The zero-order chi connectivity index (χ0) is 19.1. The highest BCUT2D eigenvalue weighted by Gasteiger charge is 2.65. The van der Waals surface area contributed by atoms with Crippen LogP contribution in [0.25, 0.3) is 0 Å². The van der Waals surface area contributed by atoms with Gasteiger partial charge in [-0.1, -0.05) is 6.92 Å². The number of halogens is 5. The van der Waals surface area contributed by atoms with Crippen molar-refractivity contribution in [2.75, 3.05) is 26.2 Å². The molecule has 0 aromatic rings. The van der Waals surface area contributed by atoms with E-state index in [1.807, 2.05) is 0 Å². The number of rotatable bonds is 8. The molecule has 0 radical (unpaired) electrons. The van der Waals surface area contributed by atoms with Crippen molar-refractivity contribution in [1.82, 2.24) is 0 Å². The van der Waals surface area contributed by atoms with Crippen LogP contribution in [-0.4, -0.2) is 61.0 Å². The molecule has 0 aromatic carbocycles. The molecule has 142 valence electrons. The smallest absolute Gasteiger partial charge is 0.399 e.